The summed E-state index contributed by atoms with van der Waals surface area (Å²) in [7, 11) is 5.97. The molecule has 1 N–H and O–H groups in total. The topological polar surface area (TPSA) is 108 Å². The van der Waals surface area contributed by atoms with Gasteiger partial charge in [-0.1, -0.05) is 264 Å². The first kappa shape index (κ1) is 74.0. The summed E-state index contributed by atoms with van der Waals surface area (Å²) in [4.78, 5) is 37.5. The summed E-state index contributed by atoms with van der Waals surface area (Å²) in [5, 5.41) is 9.71. The Bertz CT molecular complexity index is 1640. The Hall–Kier alpha value is -4.05. The molecule has 0 spiro atoms. The van der Waals surface area contributed by atoms with Gasteiger partial charge in [-0.25, -0.2) is 4.79 Å². The van der Waals surface area contributed by atoms with E-state index in [9.17, 15) is 19.5 Å². The third-order valence-corrected chi connectivity index (χ3v) is 13.3. The molecule has 0 rings (SSSR count). The smallest absolute Gasteiger partial charge is 0.361 e. The third-order valence-electron chi connectivity index (χ3n) is 13.3. The first-order chi connectivity index (χ1) is 38.1. The molecule has 78 heavy (non-hydrogen) atoms. The van der Waals surface area contributed by atoms with Crippen LogP contribution in [0.5, 0.6) is 0 Å². The molecule has 0 aromatic carbocycles. The van der Waals surface area contributed by atoms with Crippen molar-refractivity contribution < 1.29 is 42.9 Å². The van der Waals surface area contributed by atoms with Crippen LogP contribution in [0.15, 0.2) is 109 Å². The SMILES string of the molecule is CC/C=C\C/C=C\C/C=C\C/C=C\C/C=C\C/C=C\C/C=C\C/C=C\C/C=C\CCCCCCCCCCCC(=O)OC(COC(=O)CCCCCCCCCCCCCCCCCC)COC(OCC[N+](C)(C)C)C(=O)O. The average Bonchev–Trinajstić information content (AvgIpc) is 3.41. The highest BCUT2D eigenvalue weighted by Gasteiger charge is 2.25. The van der Waals surface area contributed by atoms with Crippen LogP contribution >= 0.6 is 0 Å². The molecule has 2 unspecified atom stereocenters. The molecular formula is C69H118NO8+. The number of unbranched alkanes of at least 4 members (excludes halogenated alkanes) is 24. The van der Waals surface area contributed by atoms with Gasteiger partial charge in [0.15, 0.2) is 6.10 Å². The van der Waals surface area contributed by atoms with E-state index in [2.05, 4.69) is 123 Å². The van der Waals surface area contributed by atoms with Crippen LogP contribution in [-0.4, -0.2) is 87.4 Å². The van der Waals surface area contributed by atoms with E-state index in [1.165, 1.54) is 116 Å². The van der Waals surface area contributed by atoms with Gasteiger partial charge in [-0.3, -0.25) is 9.59 Å². The molecule has 2 atom stereocenters. The summed E-state index contributed by atoms with van der Waals surface area (Å²) in [6, 6.07) is 0. The molecule has 9 nitrogen and oxygen atoms in total. The lowest BCUT2D eigenvalue weighted by Gasteiger charge is -2.25. The largest absolute Gasteiger partial charge is 0.477 e. The summed E-state index contributed by atoms with van der Waals surface area (Å²) in [5.74, 6) is -2.01. The van der Waals surface area contributed by atoms with Gasteiger partial charge in [0.1, 0.15) is 13.2 Å². The van der Waals surface area contributed by atoms with Crippen molar-refractivity contribution in [1.29, 1.82) is 0 Å². The number of aliphatic carboxylic acids is 1. The van der Waals surface area contributed by atoms with E-state index in [4.69, 9.17) is 18.9 Å². The molecule has 0 saturated carbocycles. The van der Waals surface area contributed by atoms with Gasteiger partial charge < -0.3 is 28.5 Å². The minimum Gasteiger partial charge on any atom is -0.477 e. The van der Waals surface area contributed by atoms with Crippen molar-refractivity contribution in [1.82, 2.24) is 0 Å². The summed E-state index contributed by atoms with van der Waals surface area (Å²) >= 11 is 0. The van der Waals surface area contributed by atoms with E-state index in [1.807, 2.05) is 21.1 Å². The van der Waals surface area contributed by atoms with Crippen LogP contribution in [0, 0.1) is 0 Å². The Kier molecular flexibility index (Phi) is 56.0. The maximum absolute atomic E-state index is 12.9. The number of rotatable bonds is 57. The fourth-order valence-corrected chi connectivity index (χ4v) is 8.48. The Morgan fingerprint density at radius 2 is 0.731 bits per heavy atom. The Balaban J connectivity index is 4.18. The van der Waals surface area contributed by atoms with E-state index in [-0.39, 0.29) is 32.2 Å². The number of hydrogen-bond donors (Lipinski definition) is 1. The van der Waals surface area contributed by atoms with E-state index >= 15 is 0 Å². The highest BCUT2D eigenvalue weighted by Crippen LogP contribution is 2.16. The van der Waals surface area contributed by atoms with Gasteiger partial charge in [0.2, 0.25) is 0 Å². The predicted molar refractivity (Wildman–Crippen MR) is 332 cm³/mol. The lowest BCUT2D eigenvalue weighted by atomic mass is 10.0. The summed E-state index contributed by atoms with van der Waals surface area (Å²) in [6.07, 6.45) is 78.9. The number of ether oxygens (including phenoxy) is 4. The van der Waals surface area contributed by atoms with Crippen molar-refractivity contribution in [3.05, 3.63) is 109 Å². The van der Waals surface area contributed by atoms with E-state index in [0.717, 1.165) is 103 Å². The molecule has 0 radical (unpaired) electrons. The zero-order chi connectivity index (χ0) is 56.9. The molecule has 446 valence electrons. The zero-order valence-corrected chi connectivity index (χ0v) is 50.8. The van der Waals surface area contributed by atoms with Crippen LogP contribution in [0.2, 0.25) is 0 Å². The van der Waals surface area contributed by atoms with Gasteiger partial charge in [-0.15, -0.1) is 0 Å². The number of carbonyl (C=O) groups excluding carboxylic acids is 2. The molecule has 0 bridgehead atoms. The molecule has 0 fully saturated rings. The van der Waals surface area contributed by atoms with Crippen LogP contribution < -0.4 is 0 Å². The molecule has 0 aromatic heterocycles. The number of allylic oxidation sites excluding steroid dienone is 18. The van der Waals surface area contributed by atoms with Crippen molar-refractivity contribution in [2.24, 2.45) is 0 Å². The maximum Gasteiger partial charge on any atom is 0.361 e. The van der Waals surface area contributed by atoms with Crippen LogP contribution in [0.1, 0.15) is 251 Å². The summed E-state index contributed by atoms with van der Waals surface area (Å²) in [6.45, 7) is 4.77. The third kappa shape index (κ3) is 59.6. The second kappa shape index (κ2) is 59.1. The summed E-state index contributed by atoms with van der Waals surface area (Å²) in [5.41, 5.74) is 0. The number of quaternary nitrogens is 1. The fraction of sp³-hybridized carbons (Fsp3) is 0.696. The number of likely N-dealkylation sites (N-methyl/N-ethyl adjacent to an activating group) is 1. The van der Waals surface area contributed by atoms with Crippen LogP contribution in [0.3, 0.4) is 0 Å². The molecule has 0 aliphatic heterocycles. The normalized spacial score (nSPS) is 13.5. The van der Waals surface area contributed by atoms with Gasteiger partial charge in [0.05, 0.1) is 34.4 Å². The van der Waals surface area contributed by atoms with Gasteiger partial charge in [-0.05, 0) is 83.5 Å². The predicted octanol–water partition coefficient (Wildman–Crippen LogP) is 19.1. The fourth-order valence-electron chi connectivity index (χ4n) is 8.48. The number of carboxylic acids is 1. The maximum atomic E-state index is 12.9. The molecule has 0 aliphatic carbocycles. The molecule has 9 heteroatoms. The van der Waals surface area contributed by atoms with E-state index in [0.29, 0.717) is 23.9 Å². The number of hydrogen-bond acceptors (Lipinski definition) is 7. The van der Waals surface area contributed by atoms with Crippen LogP contribution in [0.25, 0.3) is 0 Å². The van der Waals surface area contributed by atoms with Crippen molar-refractivity contribution in [3.63, 3.8) is 0 Å². The number of carbonyl (C=O) groups is 3. The second-order valence-corrected chi connectivity index (χ2v) is 22.0. The van der Waals surface area contributed by atoms with E-state index in [1.54, 1.807) is 0 Å². The zero-order valence-electron chi connectivity index (χ0n) is 50.8. The molecule has 0 saturated heterocycles. The number of carboxylic acid groups (broad SMARTS) is 1. The first-order valence-electron chi connectivity index (χ1n) is 31.6. The lowest BCUT2D eigenvalue weighted by molar-refractivity contribution is -0.870. The molecule has 0 amide bonds. The number of esters is 2. The Morgan fingerprint density at radius 3 is 1.09 bits per heavy atom. The van der Waals surface area contributed by atoms with Crippen molar-refractivity contribution in [3.8, 4) is 0 Å². The second-order valence-electron chi connectivity index (χ2n) is 22.0. The van der Waals surface area contributed by atoms with Crippen molar-refractivity contribution in [2.45, 2.75) is 264 Å². The van der Waals surface area contributed by atoms with Crippen LogP contribution in [0.4, 0.5) is 0 Å². The Labute approximate surface area is 479 Å². The minimum atomic E-state index is -1.52. The van der Waals surface area contributed by atoms with Crippen LogP contribution in [-0.2, 0) is 33.3 Å². The molecular weight excluding hydrogens is 971 g/mol. The summed E-state index contributed by atoms with van der Waals surface area (Å²) < 4.78 is 22.9. The molecule has 0 aliphatic rings. The molecule has 0 aromatic rings. The standard InChI is InChI=1S/C69H117NO8/c1-6-8-10-12-14-16-18-20-22-24-25-26-27-28-29-30-31-32-33-34-35-36-37-38-39-40-41-42-43-44-46-48-50-52-54-56-58-60-67(72)78-65(64-77-69(68(73)74)75-62-61-70(3,4)5)63-76-66(71)59-57-55-53-51-49-47-45-23-21-19-17-15-13-11-9-7-2/h8,10,14,16,20,22,25-26,28-29,31-32,34-35,37-38,40-41,65,69H,6-7,9,11-13,15,17-19,21,23-24,27,30,33,36,39,42-64H2,1-5H3/p+1/b10-8-,16-14-,22-20-,26-25-,29-28-,32-31-,35-34-,38-37-,41-40-. The van der Waals surface area contributed by atoms with Gasteiger partial charge in [0, 0.05) is 12.8 Å². The van der Waals surface area contributed by atoms with Gasteiger partial charge in [-0.2, -0.15) is 0 Å². The minimum absolute atomic E-state index is 0.183. The first-order valence-corrected chi connectivity index (χ1v) is 31.6. The van der Waals surface area contributed by atoms with Crippen molar-refractivity contribution >= 4 is 17.9 Å². The van der Waals surface area contributed by atoms with Gasteiger partial charge in [0.25, 0.3) is 6.29 Å². The van der Waals surface area contributed by atoms with Crippen molar-refractivity contribution in [2.75, 3.05) is 47.5 Å². The Morgan fingerprint density at radius 1 is 0.397 bits per heavy atom. The monoisotopic (exact) mass is 1090 g/mol. The number of nitrogens with zero attached hydrogens (tertiary/aromatic N) is 1. The van der Waals surface area contributed by atoms with Gasteiger partial charge >= 0.3 is 17.9 Å². The highest BCUT2D eigenvalue weighted by molar-refractivity contribution is 5.71. The molecule has 0 heterocycles. The van der Waals surface area contributed by atoms with E-state index < -0.39 is 24.3 Å². The average molecular weight is 1090 g/mol. The quantitative estimate of drug-likeness (QED) is 0.0211. The lowest BCUT2D eigenvalue weighted by Crippen LogP contribution is -2.40. The highest BCUT2D eigenvalue weighted by atomic mass is 16.7.